The number of thiocarbonyl (C=S) groups is 1. The van der Waals surface area contributed by atoms with Gasteiger partial charge in [0, 0.05) is 4.91 Å². The molecule has 0 amide bonds. The molecule has 27 heavy (non-hydrogen) atoms. The minimum absolute atomic E-state index is 0.175. The molecule has 0 N–H and O–H groups in total. The van der Waals surface area contributed by atoms with Crippen LogP contribution in [0.3, 0.4) is 0 Å². The van der Waals surface area contributed by atoms with Crippen molar-refractivity contribution < 1.29 is 4.42 Å². The van der Waals surface area contributed by atoms with Crippen LogP contribution in [0, 0.1) is 0 Å². The van der Waals surface area contributed by atoms with Gasteiger partial charge in [-0.3, -0.25) is 0 Å². The standard InChI is InChI=1S/C24H18OS2/c26-22(21-11-6-14-25-21)20-15-18-13-12-16-7-4-5-10-19(16)24(18)27-23(20)17-8-2-1-3-9-17/h1-11,14-15,23H,12-13H2. The Kier molecular flexibility index (Phi) is 4.35. The molecule has 0 saturated heterocycles. The number of hydrogen-bond donors (Lipinski definition) is 0. The highest BCUT2D eigenvalue weighted by molar-refractivity contribution is 8.08. The molecule has 0 spiro atoms. The van der Waals surface area contributed by atoms with Gasteiger partial charge in [0.15, 0.2) is 0 Å². The molecular formula is C24H18OS2. The molecule has 5 rings (SSSR count). The zero-order valence-corrected chi connectivity index (χ0v) is 16.4. The number of allylic oxidation sites excluding steroid dienone is 2. The van der Waals surface area contributed by atoms with Crippen LogP contribution in [0.25, 0.3) is 4.91 Å². The summed E-state index contributed by atoms with van der Waals surface area (Å²) in [5.74, 6) is 0.776. The maximum absolute atomic E-state index is 5.84. The Morgan fingerprint density at radius 1 is 0.926 bits per heavy atom. The SMILES string of the molecule is S=C(C1=CC2=C(SC1c1ccccc1)c1ccccc1CC2)c1ccco1. The molecule has 1 nitrogen and oxygen atoms in total. The molecule has 1 aliphatic carbocycles. The summed E-state index contributed by atoms with van der Waals surface area (Å²) in [6.45, 7) is 0. The topological polar surface area (TPSA) is 13.1 Å². The average molecular weight is 387 g/mol. The van der Waals surface area contributed by atoms with E-state index >= 15 is 0 Å². The Morgan fingerprint density at radius 2 is 1.74 bits per heavy atom. The molecule has 2 aliphatic rings. The van der Waals surface area contributed by atoms with Crippen molar-refractivity contribution >= 4 is 33.7 Å². The number of aryl methyl sites for hydroxylation is 1. The van der Waals surface area contributed by atoms with Gasteiger partial charge in [0.05, 0.1) is 16.4 Å². The second-order valence-corrected chi connectivity index (χ2v) is 8.35. The fraction of sp³-hybridized carbons (Fsp3) is 0.125. The highest BCUT2D eigenvalue weighted by Crippen LogP contribution is 2.53. The van der Waals surface area contributed by atoms with E-state index in [1.54, 1.807) is 6.26 Å². The Bertz CT molecular complexity index is 1060. The fourth-order valence-electron chi connectivity index (χ4n) is 3.85. The van der Waals surface area contributed by atoms with E-state index in [0.29, 0.717) is 0 Å². The van der Waals surface area contributed by atoms with Crippen molar-refractivity contribution in [2.75, 3.05) is 0 Å². The molecule has 2 aromatic carbocycles. The van der Waals surface area contributed by atoms with Crippen molar-refractivity contribution in [3.63, 3.8) is 0 Å². The molecule has 1 aliphatic heterocycles. The van der Waals surface area contributed by atoms with Crippen LogP contribution in [0.5, 0.6) is 0 Å². The van der Waals surface area contributed by atoms with E-state index < -0.39 is 0 Å². The molecule has 1 aromatic heterocycles. The zero-order valence-electron chi connectivity index (χ0n) is 14.7. The normalized spacial score (nSPS) is 18.5. The molecule has 1 atom stereocenters. The first-order valence-corrected chi connectivity index (χ1v) is 10.4. The molecule has 132 valence electrons. The number of thioether (sulfide) groups is 1. The van der Waals surface area contributed by atoms with Crippen LogP contribution in [0.1, 0.15) is 34.1 Å². The summed E-state index contributed by atoms with van der Waals surface area (Å²) in [7, 11) is 0. The molecule has 1 unspecified atom stereocenters. The molecule has 0 bridgehead atoms. The predicted molar refractivity (Wildman–Crippen MR) is 117 cm³/mol. The first-order valence-electron chi connectivity index (χ1n) is 9.14. The molecule has 3 aromatic rings. The Morgan fingerprint density at radius 3 is 2.56 bits per heavy atom. The van der Waals surface area contributed by atoms with Gasteiger partial charge >= 0.3 is 0 Å². The van der Waals surface area contributed by atoms with Crippen LogP contribution in [0.15, 0.2) is 94.6 Å². The average Bonchev–Trinajstić information content (AvgIpc) is 3.28. The van der Waals surface area contributed by atoms with Gasteiger partial charge in [-0.15, -0.1) is 11.8 Å². The van der Waals surface area contributed by atoms with E-state index in [1.165, 1.54) is 32.7 Å². The molecule has 0 radical (unpaired) electrons. The quantitative estimate of drug-likeness (QED) is 0.364. The summed E-state index contributed by atoms with van der Waals surface area (Å²) < 4.78 is 5.62. The van der Waals surface area contributed by atoms with Crippen LogP contribution >= 0.6 is 24.0 Å². The summed E-state index contributed by atoms with van der Waals surface area (Å²) in [5.41, 5.74) is 6.67. The molecule has 0 fully saturated rings. The number of furan rings is 1. The molecular weight excluding hydrogens is 368 g/mol. The first-order chi connectivity index (χ1) is 13.3. The Balaban J connectivity index is 1.65. The van der Waals surface area contributed by atoms with Gasteiger partial charge in [0.25, 0.3) is 0 Å². The zero-order chi connectivity index (χ0) is 18.2. The second kappa shape index (κ2) is 6.99. The maximum atomic E-state index is 5.84. The number of fused-ring (bicyclic) bond motifs is 2. The third kappa shape index (κ3) is 3.01. The van der Waals surface area contributed by atoms with Crippen molar-refractivity contribution in [3.8, 4) is 0 Å². The first kappa shape index (κ1) is 16.8. The van der Waals surface area contributed by atoms with Crippen LogP contribution in [-0.2, 0) is 6.42 Å². The van der Waals surface area contributed by atoms with Gasteiger partial charge in [-0.2, -0.15) is 0 Å². The minimum atomic E-state index is 0.175. The highest BCUT2D eigenvalue weighted by Gasteiger charge is 2.31. The van der Waals surface area contributed by atoms with Gasteiger partial charge in [0.1, 0.15) is 5.76 Å². The summed E-state index contributed by atoms with van der Waals surface area (Å²) in [6, 6.07) is 23.3. The summed E-state index contributed by atoms with van der Waals surface area (Å²) in [4.78, 5) is 2.21. The monoisotopic (exact) mass is 386 g/mol. The van der Waals surface area contributed by atoms with Gasteiger partial charge < -0.3 is 4.42 Å². The Hall–Kier alpha value is -2.36. The van der Waals surface area contributed by atoms with Crippen LogP contribution in [-0.4, -0.2) is 4.86 Å². The van der Waals surface area contributed by atoms with Crippen molar-refractivity contribution in [2.45, 2.75) is 18.1 Å². The second-order valence-electron chi connectivity index (χ2n) is 6.83. The lowest BCUT2D eigenvalue weighted by Crippen LogP contribution is -2.15. The van der Waals surface area contributed by atoms with Gasteiger partial charge in [-0.1, -0.05) is 72.9 Å². The van der Waals surface area contributed by atoms with Crippen molar-refractivity contribution in [1.82, 2.24) is 0 Å². The van der Waals surface area contributed by atoms with Gasteiger partial charge in [-0.25, -0.2) is 0 Å². The third-order valence-corrected chi connectivity index (χ3v) is 7.09. The summed E-state index contributed by atoms with van der Waals surface area (Å²) in [5, 5.41) is 0.175. The minimum Gasteiger partial charge on any atom is -0.463 e. The van der Waals surface area contributed by atoms with E-state index in [-0.39, 0.29) is 5.25 Å². The van der Waals surface area contributed by atoms with E-state index in [4.69, 9.17) is 16.6 Å². The van der Waals surface area contributed by atoms with Crippen molar-refractivity contribution in [1.29, 1.82) is 0 Å². The lowest BCUT2D eigenvalue weighted by atomic mass is 9.88. The molecule has 0 saturated carbocycles. The smallest absolute Gasteiger partial charge is 0.144 e. The van der Waals surface area contributed by atoms with E-state index in [0.717, 1.165) is 23.5 Å². The van der Waals surface area contributed by atoms with Crippen molar-refractivity contribution in [2.24, 2.45) is 0 Å². The Labute approximate surface area is 168 Å². The van der Waals surface area contributed by atoms with Crippen molar-refractivity contribution in [3.05, 3.63) is 113 Å². The molecule has 3 heteroatoms. The number of rotatable bonds is 3. The number of hydrogen-bond acceptors (Lipinski definition) is 3. The van der Waals surface area contributed by atoms with Crippen LogP contribution in [0.4, 0.5) is 0 Å². The molecule has 2 heterocycles. The largest absolute Gasteiger partial charge is 0.463 e. The maximum Gasteiger partial charge on any atom is 0.144 e. The lowest BCUT2D eigenvalue weighted by molar-refractivity contribution is 0.559. The predicted octanol–water partition coefficient (Wildman–Crippen LogP) is 6.77. The van der Waals surface area contributed by atoms with Crippen LogP contribution < -0.4 is 0 Å². The van der Waals surface area contributed by atoms with Gasteiger partial charge in [-0.05, 0) is 52.8 Å². The summed E-state index contributed by atoms with van der Waals surface area (Å²) >= 11 is 7.77. The highest BCUT2D eigenvalue weighted by atomic mass is 32.2. The third-order valence-electron chi connectivity index (χ3n) is 5.17. The van der Waals surface area contributed by atoms with Gasteiger partial charge in [0.2, 0.25) is 0 Å². The summed E-state index contributed by atoms with van der Waals surface area (Å²) in [6.07, 6.45) is 6.16. The van der Waals surface area contributed by atoms with E-state index in [2.05, 4.69) is 60.7 Å². The lowest BCUT2D eigenvalue weighted by Gasteiger charge is -2.31. The van der Waals surface area contributed by atoms with E-state index in [9.17, 15) is 0 Å². The number of benzene rings is 2. The van der Waals surface area contributed by atoms with Crippen LogP contribution in [0.2, 0.25) is 0 Å². The van der Waals surface area contributed by atoms with E-state index in [1.807, 2.05) is 23.9 Å². The fourth-order valence-corrected chi connectivity index (χ4v) is 5.70.